The highest BCUT2D eigenvalue weighted by Gasteiger charge is 2.30. The minimum Gasteiger partial charge on any atom is -0.377 e. The third kappa shape index (κ3) is 3.43. The van der Waals surface area contributed by atoms with Crippen LogP contribution in [0.3, 0.4) is 0 Å². The van der Waals surface area contributed by atoms with Gasteiger partial charge in [-0.15, -0.1) is 6.58 Å². The van der Waals surface area contributed by atoms with Gasteiger partial charge in [-0.2, -0.15) is 0 Å². The maximum absolute atomic E-state index is 5.57. The van der Waals surface area contributed by atoms with Gasteiger partial charge in [0.2, 0.25) is 0 Å². The fourth-order valence-electron chi connectivity index (χ4n) is 1.98. The number of halogens is 1. The first-order valence-corrected chi connectivity index (χ1v) is 6.20. The first-order valence-electron chi connectivity index (χ1n) is 5.08. The lowest BCUT2D eigenvalue weighted by Gasteiger charge is -2.35. The van der Waals surface area contributed by atoms with Crippen molar-refractivity contribution in [2.45, 2.75) is 32.1 Å². The number of rotatable bonds is 5. The van der Waals surface area contributed by atoms with Crippen molar-refractivity contribution in [2.24, 2.45) is 5.41 Å². The van der Waals surface area contributed by atoms with Gasteiger partial charge in [0.05, 0.1) is 13.2 Å². The largest absolute Gasteiger partial charge is 0.377 e. The molecule has 13 heavy (non-hydrogen) atoms. The molecular formula is C11H19BrO. The van der Waals surface area contributed by atoms with Crippen LogP contribution in [0, 0.1) is 5.41 Å². The molecule has 1 aliphatic rings. The minimum absolute atomic E-state index is 0.418. The summed E-state index contributed by atoms with van der Waals surface area (Å²) >= 11 is 3.61. The van der Waals surface area contributed by atoms with Crippen molar-refractivity contribution in [1.29, 1.82) is 0 Å². The van der Waals surface area contributed by atoms with Gasteiger partial charge in [-0.3, -0.25) is 0 Å². The second-order valence-electron chi connectivity index (χ2n) is 4.00. The van der Waals surface area contributed by atoms with Crippen LogP contribution in [0.4, 0.5) is 0 Å². The molecular weight excluding hydrogens is 228 g/mol. The molecule has 76 valence electrons. The molecule has 0 atom stereocenters. The molecule has 1 fully saturated rings. The Labute approximate surface area is 89.7 Å². The van der Waals surface area contributed by atoms with Crippen LogP contribution in [0.25, 0.3) is 0 Å². The van der Waals surface area contributed by atoms with Gasteiger partial charge >= 0.3 is 0 Å². The van der Waals surface area contributed by atoms with Gasteiger partial charge in [-0.1, -0.05) is 41.3 Å². The Morgan fingerprint density at radius 1 is 1.31 bits per heavy atom. The lowest BCUT2D eigenvalue weighted by molar-refractivity contribution is 0.0493. The molecule has 0 N–H and O–H groups in total. The normalized spacial score (nSPS) is 21.3. The van der Waals surface area contributed by atoms with Crippen LogP contribution >= 0.6 is 15.9 Å². The zero-order valence-corrected chi connectivity index (χ0v) is 9.81. The third-order valence-corrected chi connectivity index (χ3v) is 4.03. The van der Waals surface area contributed by atoms with Gasteiger partial charge in [0.15, 0.2) is 0 Å². The quantitative estimate of drug-likeness (QED) is 0.410. The molecule has 0 spiro atoms. The van der Waals surface area contributed by atoms with Crippen LogP contribution in [0.2, 0.25) is 0 Å². The maximum atomic E-state index is 5.57. The van der Waals surface area contributed by atoms with Crippen LogP contribution in [0.15, 0.2) is 12.7 Å². The molecule has 0 saturated heterocycles. The Morgan fingerprint density at radius 3 is 2.54 bits per heavy atom. The average Bonchev–Trinajstić information content (AvgIpc) is 2.20. The summed E-state index contributed by atoms with van der Waals surface area (Å²) in [5.41, 5.74) is 0.418. The second kappa shape index (κ2) is 5.82. The molecule has 0 aromatic heterocycles. The van der Waals surface area contributed by atoms with E-state index in [-0.39, 0.29) is 0 Å². The summed E-state index contributed by atoms with van der Waals surface area (Å²) in [6.07, 6.45) is 8.58. The zero-order chi connectivity index (χ0) is 9.57. The standard InChI is InChI=1S/C11H19BrO/c1-2-8-13-10-11(9-12)6-4-3-5-7-11/h2H,1,3-10H2. The number of hydrogen-bond acceptors (Lipinski definition) is 1. The Morgan fingerprint density at radius 2 is 2.00 bits per heavy atom. The number of hydrogen-bond donors (Lipinski definition) is 0. The van der Waals surface area contributed by atoms with Crippen molar-refractivity contribution in [3.05, 3.63) is 12.7 Å². The monoisotopic (exact) mass is 246 g/mol. The van der Waals surface area contributed by atoms with E-state index in [9.17, 15) is 0 Å². The maximum Gasteiger partial charge on any atom is 0.0645 e. The first-order chi connectivity index (χ1) is 6.33. The predicted molar refractivity (Wildman–Crippen MR) is 60.3 cm³/mol. The Bertz CT molecular complexity index is 150. The van der Waals surface area contributed by atoms with E-state index >= 15 is 0 Å². The van der Waals surface area contributed by atoms with Crippen molar-refractivity contribution >= 4 is 15.9 Å². The van der Waals surface area contributed by atoms with E-state index < -0.39 is 0 Å². The summed E-state index contributed by atoms with van der Waals surface area (Å²) in [7, 11) is 0. The summed E-state index contributed by atoms with van der Waals surface area (Å²) in [6.45, 7) is 5.24. The lowest BCUT2D eigenvalue weighted by Crippen LogP contribution is -2.31. The summed E-state index contributed by atoms with van der Waals surface area (Å²) in [5.74, 6) is 0. The van der Waals surface area contributed by atoms with Crippen LogP contribution < -0.4 is 0 Å². The first kappa shape index (κ1) is 11.3. The van der Waals surface area contributed by atoms with Crippen molar-refractivity contribution in [1.82, 2.24) is 0 Å². The van der Waals surface area contributed by atoms with Gasteiger partial charge in [-0.25, -0.2) is 0 Å². The molecule has 2 heteroatoms. The molecule has 0 heterocycles. The van der Waals surface area contributed by atoms with E-state index in [0.717, 1.165) is 11.9 Å². The van der Waals surface area contributed by atoms with Gasteiger partial charge in [0, 0.05) is 10.7 Å². The number of alkyl halides is 1. The molecule has 1 nitrogen and oxygen atoms in total. The molecule has 0 aliphatic heterocycles. The molecule has 0 amide bonds. The van der Waals surface area contributed by atoms with Crippen LogP contribution in [0.1, 0.15) is 32.1 Å². The Hall–Kier alpha value is 0.180. The van der Waals surface area contributed by atoms with Gasteiger partial charge in [-0.05, 0) is 12.8 Å². The molecule has 0 aromatic rings. The molecule has 0 unspecified atom stereocenters. The predicted octanol–water partition coefficient (Wildman–Crippen LogP) is 3.53. The van der Waals surface area contributed by atoms with E-state index in [1.807, 2.05) is 6.08 Å². The highest BCUT2D eigenvalue weighted by molar-refractivity contribution is 9.09. The fraction of sp³-hybridized carbons (Fsp3) is 0.818. The van der Waals surface area contributed by atoms with Crippen molar-refractivity contribution in [2.75, 3.05) is 18.5 Å². The van der Waals surface area contributed by atoms with Gasteiger partial charge in [0.25, 0.3) is 0 Å². The molecule has 1 saturated carbocycles. The van der Waals surface area contributed by atoms with Crippen molar-refractivity contribution < 1.29 is 4.74 Å². The van der Waals surface area contributed by atoms with Crippen molar-refractivity contribution in [3.63, 3.8) is 0 Å². The molecule has 0 bridgehead atoms. The van der Waals surface area contributed by atoms with Gasteiger partial charge in [0.1, 0.15) is 0 Å². The SMILES string of the molecule is C=CCOCC1(CBr)CCCCC1. The van der Waals surface area contributed by atoms with E-state index in [2.05, 4.69) is 22.5 Å². The Balaban J connectivity index is 2.33. The second-order valence-corrected chi connectivity index (χ2v) is 4.56. The van der Waals surface area contributed by atoms with Crippen molar-refractivity contribution in [3.8, 4) is 0 Å². The van der Waals surface area contributed by atoms with E-state index in [1.165, 1.54) is 32.1 Å². The van der Waals surface area contributed by atoms with E-state index in [4.69, 9.17) is 4.74 Å². The molecule has 0 aromatic carbocycles. The highest BCUT2D eigenvalue weighted by Crippen LogP contribution is 2.37. The molecule has 1 aliphatic carbocycles. The molecule has 1 rings (SSSR count). The van der Waals surface area contributed by atoms with Gasteiger partial charge < -0.3 is 4.74 Å². The summed E-state index contributed by atoms with van der Waals surface area (Å²) in [5, 5.41) is 1.08. The topological polar surface area (TPSA) is 9.23 Å². The summed E-state index contributed by atoms with van der Waals surface area (Å²) in [4.78, 5) is 0. The zero-order valence-electron chi connectivity index (χ0n) is 8.23. The lowest BCUT2D eigenvalue weighted by atomic mass is 9.76. The smallest absolute Gasteiger partial charge is 0.0645 e. The van der Waals surface area contributed by atoms with E-state index in [0.29, 0.717) is 12.0 Å². The van der Waals surface area contributed by atoms with Crippen LogP contribution in [-0.4, -0.2) is 18.5 Å². The Kier molecular flexibility index (Phi) is 5.04. The van der Waals surface area contributed by atoms with Crippen LogP contribution in [-0.2, 0) is 4.74 Å². The fourth-order valence-corrected chi connectivity index (χ4v) is 2.70. The summed E-state index contributed by atoms with van der Waals surface area (Å²) in [6, 6.07) is 0. The summed E-state index contributed by atoms with van der Waals surface area (Å²) < 4.78 is 5.57. The average molecular weight is 247 g/mol. The molecule has 0 radical (unpaired) electrons. The third-order valence-electron chi connectivity index (χ3n) is 2.84. The number of ether oxygens (including phenoxy) is 1. The minimum atomic E-state index is 0.418. The van der Waals surface area contributed by atoms with Crippen LogP contribution in [0.5, 0.6) is 0 Å². The van der Waals surface area contributed by atoms with E-state index in [1.54, 1.807) is 0 Å². The highest BCUT2D eigenvalue weighted by atomic mass is 79.9.